The molecule has 0 atom stereocenters. The number of carbonyl (C=O) groups is 1. The monoisotopic (exact) mass is 339 g/mol. The van der Waals surface area contributed by atoms with Crippen molar-refractivity contribution in [2.45, 2.75) is 33.2 Å². The highest BCUT2D eigenvalue weighted by Crippen LogP contribution is 2.23. The van der Waals surface area contributed by atoms with Crippen molar-refractivity contribution in [1.82, 2.24) is 14.9 Å². The molecule has 24 heavy (non-hydrogen) atoms. The fourth-order valence-corrected chi connectivity index (χ4v) is 3.56. The third-order valence-corrected chi connectivity index (χ3v) is 5.01. The van der Waals surface area contributed by atoms with Gasteiger partial charge in [0.2, 0.25) is 0 Å². The molecule has 2 aromatic heterocycles. The third kappa shape index (κ3) is 3.57. The molecule has 0 aliphatic carbocycles. The summed E-state index contributed by atoms with van der Waals surface area (Å²) in [5.74, 6) is -0.0439. The van der Waals surface area contributed by atoms with E-state index < -0.39 is 0 Å². The van der Waals surface area contributed by atoms with Crippen LogP contribution in [0.1, 0.15) is 39.8 Å². The van der Waals surface area contributed by atoms with Crippen molar-refractivity contribution in [3.05, 3.63) is 70.5 Å². The molecule has 1 amide bonds. The minimum absolute atomic E-state index is 0.0439. The Balaban J connectivity index is 1.79. The second-order valence-corrected chi connectivity index (χ2v) is 6.70. The molecule has 4 nitrogen and oxygen atoms in total. The maximum atomic E-state index is 12.7. The average molecular weight is 339 g/mol. The van der Waals surface area contributed by atoms with Crippen molar-refractivity contribution < 1.29 is 4.79 Å². The molecular weight excluding hydrogens is 318 g/mol. The topological polar surface area (TPSA) is 46.9 Å². The zero-order chi connectivity index (χ0) is 16.9. The molecule has 0 aliphatic rings. The average Bonchev–Trinajstić information content (AvgIpc) is 3.23. The molecule has 124 valence electrons. The fourth-order valence-electron chi connectivity index (χ4n) is 2.56. The first-order valence-corrected chi connectivity index (χ1v) is 8.96. The normalized spacial score (nSPS) is 10.8. The molecule has 3 rings (SSSR count). The fraction of sp³-hybridized carbons (Fsp3) is 0.263. The number of carbonyl (C=O) groups excluding carboxylic acids is 1. The van der Waals surface area contributed by atoms with Crippen molar-refractivity contribution in [1.29, 1.82) is 0 Å². The van der Waals surface area contributed by atoms with E-state index in [1.54, 1.807) is 0 Å². The molecule has 3 aromatic rings. The summed E-state index contributed by atoms with van der Waals surface area (Å²) in [6, 6.07) is 12.0. The van der Waals surface area contributed by atoms with Crippen LogP contribution < -0.4 is 5.32 Å². The smallest absolute Gasteiger partial charge is 0.263 e. The van der Waals surface area contributed by atoms with Crippen molar-refractivity contribution in [3.63, 3.8) is 0 Å². The predicted molar refractivity (Wildman–Crippen MR) is 97.8 cm³/mol. The van der Waals surface area contributed by atoms with E-state index in [4.69, 9.17) is 0 Å². The Bertz CT molecular complexity index is 821. The highest BCUT2D eigenvalue weighted by atomic mass is 32.1. The SMILES string of the molecule is CCCc1nc(-n2cccc2)sc1C(=O)NCc1ccccc1C. The van der Waals surface area contributed by atoms with Gasteiger partial charge in [0.1, 0.15) is 4.88 Å². The van der Waals surface area contributed by atoms with Crippen LogP contribution in [0.5, 0.6) is 0 Å². The van der Waals surface area contributed by atoms with Gasteiger partial charge in [-0.2, -0.15) is 0 Å². The van der Waals surface area contributed by atoms with Gasteiger partial charge in [-0.15, -0.1) is 0 Å². The zero-order valence-corrected chi connectivity index (χ0v) is 14.8. The van der Waals surface area contributed by atoms with Gasteiger partial charge in [-0.05, 0) is 36.6 Å². The number of hydrogen-bond donors (Lipinski definition) is 1. The number of rotatable bonds is 6. The summed E-state index contributed by atoms with van der Waals surface area (Å²) in [6.07, 6.45) is 5.67. The van der Waals surface area contributed by atoms with E-state index in [1.807, 2.05) is 47.3 Å². The lowest BCUT2D eigenvalue weighted by atomic mass is 10.1. The maximum absolute atomic E-state index is 12.7. The van der Waals surface area contributed by atoms with Crippen molar-refractivity contribution in [2.75, 3.05) is 0 Å². The largest absolute Gasteiger partial charge is 0.347 e. The molecule has 0 aliphatic heterocycles. The predicted octanol–water partition coefficient (Wildman–Crippen LogP) is 4.12. The Kier molecular flexibility index (Phi) is 5.11. The molecule has 5 heteroatoms. The van der Waals surface area contributed by atoms with Crippen molar-refractivity contribution in [3.8, 4) is 5.13 Å². The molecule has 1 aromatic carbocycles. The molecule has 0 unspecified atom stereocenters. The quantitative estimate of drug-likeness (QED) is 0.734. The van der Waals surface area contributed by atoms with Crippen LogP contribution in [0.25, 0.3) is 5.13 Å². The first kappa shape index (κ1) is 16.5. The van der Waals surface area contributed by atoms with Crippen molar-refractivity contribution in [2.24, 2.45) is 0 Å². The second kappa shape index (κ2) is 7.45. The number of benzene rings is 1. The number of amides is 1. The Morgan fingerprint density at radius 3 is 2.67 bits per heavy atom. The van der Waals surface area contributed by atoms with Gasteiger partial charge in [-0.25, -0.2) is 4.98 Å². The summed E-state index contributed by atoms with van der Waals surface area (Å²) in [5.41, 5.74) is 3.20. The molecule has 0 bridgehead atoms. The van der Waals surface area contributed by atoms with Crippen LogP contribution in [0.4, 0.5) is 0 Å². The lowest BCUT2D eigenvalue weighted by molar-refractivity contribution is 0.0954. The maximum Gasteiger partial charge on any atom is 0.263 e. The molecular formula is C19H21N3OS. The van der Waals surface area contributed by atoms with Gasteiger partial charge in [0, 0.05) is 18.9 Å². The number of hydrogen-bond acceptors (Lipinski definition) is 3. The van der Waals surface area contributed by atoms with Crippen LogP contribution in [-0.4, -0.2) is 15.5 Å². The van der Waals surface area contributed by atoms with Crippen LogP contribution >= 0.6 is 11.3 Å². The zero-order valence-electron chi connectivity index (χ0n) is 14.0. The number of nitrogens with zero attached hydrogens (tertiary/aromatic N) is 2. The van der Waals surface area contributed by atoms with Gasteiger partial charge in [-0.1, -0.05) is 48.9 Å². The number of thiazole rings is 1. The Morgan fingerprint density at radius 1 is 1.21 bits per heavy atom. The number of aryl methyl sites for hydroxylation is 2. The molecule has 0 fully saturated rings. The van der Waals surface area contributed by atoms with Crippen LogP contribution in [0.15, 0.2) is 48.8 Å². The number of nitrogens with one attached hydrogen (secondary N) is 1. The standard InChI is InChI=1S/C19H21N3OS/c1-3-8-16-17(24-19(21-16)22-11-6-7-12-22)18(23)20-13-15-10-5-4-9-14(15)2/h4-7,9-12H,3,8,13H2,1-2H3,(H,20,23). The minimum Gasteiger partial charge on any atom is -0.347 e. The summed E-state index contributed by atoms with van der Waals surface area (Å²) in [7, 11) is 0. The molecule has 0 saturated heterocycles. The van der Waals surface area contributed by atoms with Crippen LogP contribution in [0, 0.1) is 6.92 Å². The van der Waals surface area contributed by atoms with Crippen molar-refractivity contribution >= 4 is 17.2 Å². The molecule has 1 N–H and O–H groups in total. The lowest BCUT2D eigenvalue weighted by Crippen LogP contribution is -2.23. The van der Waals surface area contributed by atoms with Gasteiger partial charge in [-0.3, -0.25) is 4.79 Å². The Labute approximate surface area is 146 Å². The highest BCUT2D eigenvalue weighted by molar-refractivity contribution is 7.16. The van der Waals surface area contributed by atoms with E-state index in [-0.39, 0.29) is 5.91 Å². The molecule has 0 radical (unpaired) electrons. The summed E-state index contributed by atoms with van der Waals surface area (Å²) in [4.78, 5) is 18.0. The van der Waals surface area contributed by atoms with Crippen LogP contribution in [0.3, 0.4) is 0 Å². The minimum atomic E-state index is -0.0439. The summed E-state index contributed by atoms with van der Waals surface area (Å²) >= 11 is 1.44. The summed E-state index contributed by atoms with van der Waals surface area (Å²) in [5, 5.41) is 3.87. The molecule has 0 saturated carbocycles. The van der Waals surface area contributed by atoms with Gasteiger partial charge in [0.05, 0.1) is 5.69 Å². The highest BCUT2D eigenvalue weighted by Gasteiger charge is 2.18. The van der Waals surface area contributed by atoms with Gasteiger partial charge < -0.3 is 9.88 Å². The number of aromatic nitrogens is 2. The van der Waals surface area contributed by atoms with E-state index in [0.29, 0.717) is 11.4 Å². The first-order valence-electron chi connectivity index (χ1n) is 8.14. The molecule has 0 spiro atoms. The molecule has 2 heterocycles. The van der Waals surface area contributed by atoms with Gasteiger partial charge in [0.25, 0.3) is 5.91 Å². The van der Waals surface area contributed by atoms with E-state index in [9.17, 15) is 4.79 Å². The van der Waals surface area contributed by atoms with E-state index in [1.165, 1.54) is 16.9 Å². The van der Waals surface area contributed by atoms with Crippen LogP contribution in [0.2, 0.25) is 0 Å². The van der Waals surface area contributed by atoms with E-state index in [2.05, 4.69) is 30.2 Å². The van der Waals surface area contributed by atoms with E-state index in [0.717, 1.165) is 29.2 Å². The Hall–Kier alpha value is -2.40. The lowest BCUT2D eigenvalue weighted by Gasteiger charge is -2.07. The summed E-state index contributed by atoms with van der Waals surface area (Å²) < 4.78 is 1.95. The Morgan fingerprint density at radius 2 is 1.96 bits per heavy atom. The second-order valence-electron chi connectivity index (χ2n) is 5.72. The van der Waals surface area contributed by atoms with Gasteiger partial charge in [0.15, 0.2) is 5.13 Å². The first-order chi connectivity index (χ1) is 11.7. The van der Waals surface area contributed by atoms with E-state index >= 15 is 0 Å². The third-order valence-electron chi connectivity index (χ3n) is 3.91. The summed E-state index contributed by atoms with van der Waals surface area (Å²) in [6.45, 7) is 4.69. The van der Waals surface area contributed by atoms with Gasteiger partial charge >= 0.3 is 0 Å². The van der Waals surface area contributed by atoms with Crippen LogP contribution in [-0.2, 0) is 13.0 Å².